The van der Waals surface area contributed by atoms with Gasteiger partial charge in [0.2, 0.25) is 5.91 Å². The lowest BCUT2D eigenvalue weighted by Crippen LogP contribution is -2.36. The van der Waals surface area contributed by atoms with Crippen molar-refractivity contribution in [2.24, 2.45) is 5.10 Å². The van der Waals surface area contributed by atoms with E-state index in [0.717, 1.165) is 15.6 Å². The summed E-state index contributed by atoms with van der Waals surface area (Å²) in [5.74, 6) is -0.998. The molecule has 2 aliphatic rings. The number of hydrogen-bond donors (Lipinski definition) is 1. The fraction of sp³-hybridized carbons (Fsp3) is 0.286. The van der Waals surface area contributed by atoms with Crippen molar-refractivity contribution in [1.29, 1.82) is 0 Å². The molecule has 2 aliphatic heterocycles. The van der Waals surface area contributed by atoms with E-state index < -0.39 is 11.2 Å². The van der Waals surface area contributed by atoms with Crippen molar-refractivity contribution in [2.75, 3.05) is 5.32 Å². The van der Waals surface area contributed by atoms with Crippen LogP contribution in [0.3, 0.4) is 0 Å². The number of carbonyl (C=O) groups excluding carboxylic acids is 3. The van der Waals surface area contributed by atoms with Crippen LogP contribution < -0.4 is 5.32 Å². The third-order valence-electron chi connectivity index (χ3n) is 3.22. The van der Waals surface area contributed by atoms with Gasteiger partial charge in [-0.1, -0.05) is 12.1 Å². The van der Waals surface area contributed by atoms with Gasteiger partial charge in [-0.3, -0.25) is 14.4 Å². The highest BCUT2D eigenvalue weighted by Crippen LogP contribution is 2.36. The maximum atomic E-state index is 12.1. The Morgan fingerprint density at radius 2 is 2.19 bits per heavy atom. The molecule has 3 rings (SSSR count). The molecule has 0 radical (unpaired) electrons. The average Bonchev–Trinajstić information content (AvgIpc) is 2.78. The summed E-state index contributed by atoms with van der Waals surface area (Å²) in [5.41, 5.74) is 1.36. The van der Waals surface area contributed by atoms with Crippen molar-refractivity contribution >= 4 is 40.9 Å². The number of hydrazone groups is 1. The van der Waals surface area contributed by atoms with E-state index in [1.807, 2.05) is 24.3 Å². The largest absolute Gasteiger partial charge is 0.324 e. The summed E-state index contributed by atoms with van der Waals surface area (Å²) in [4.78, 5) is 36.7. The molecular weight excluding hydrogens is 290 g/mol. The molecular formula is C14H13N3O3S. The monoisotopic (exact) mass is 303 g/mol. The average molecular weight is 303 g/mol. The zero-order valence-electron chi connectivity index (χ0n) is 11.3. The molecule has 108 valence electrons. The van der Waals surface area contributed by atoms with Gasteiger partial charge in [0, 0.05) is 10.6 Å². The number of benzene rings is 1. The van der Waals surface area contributed by atoms with Gasteiger partial charge in [-0.05, 0) is 19.1 Å². The lowest BCUT2D eigenvalue weighted by Gasteiger charge is -2.24. The van der Waals surface area contributed by atoms with Gasteiger partial charge in [0.25, 0.3) is 11.8 Å². The van der Waals surface area contributed by atoms with E-state index in [9.17, 15) is 14.4 Å². The van der Waals surface area contributed by atoms with E-state index in [1.165, 1.54) is 11.8 Å². The van der Waals surface area contributed by atoms with E-state index in [4.69, 9.17) is 0 Å². The highest BCUT2D eigenvalue weighted by atomic mass is 32.2. The highest BCUT2D eigenvalue weighted by molar-refractivity contribution is 8.01. The van der Waals surface area contributed by atoms with Gasteiger partial charge in [0.1, 0.15) is 0 Å². The normalized spacial score (nSPS) is 20.9. The van der Waals surface area contributed by atoms with Crippen molar-refractivity contribution < 1.29 is 14.4 Å². The van der Waals surface area contributed by atoms with Crippen molar-refractivity contribution in [1.82, 2.24) is 5.01 Å². The number of fused-ring (bicyclic) bond motifs is 1. The number of amides is 3. The van der Waals surface area contributed by atoms with Crippen LogP contribution in [-0.4, -0.2) is 33.7 Å². The molecule has 1 atom stereocenters. The minimum atomic E-state index is -0.545. The lowest BCUT2D eigenvalue weighted by atomic mass is 10.2. The van der Waals surface area contributed by atoms with Crippen molar-refractivity contribution in [3.8, 4) is 0 Å². The van der Waals surface area contributed by atoms with Crippen LogP contribution in [-0.2, 0) is 14.4 Å². The molecule has 6 nitrogen and oxygen atoms in total. The van der Waals surface area contributed by atoms with E-state index in [-0.39, 0.29) is 24.7 Å². The van der Waals surface area contributed by atoms with Gasteiger partial charge >= 0.3 is 0 Å². The van der Waals surface area contributed by atoms with E-state index in [2.05, 4.69) is 10.4 Å². The van der Waals surface area contributed by atoms with Crippen LogP contribution in [0.1, 0.15) is 19.8 Å². The number of imide groups is 1. The minimum absolute atomic E-state index is 0.0483. The SMILES string of the molecule is CC1=NN(C(=O)CC2Sc3ccccc3NC2=O)C(=O)C1. The second-order valence-corrected chi connectivity index (χ2v) is 6.15. The smallest absolute Gasteiger partial charge is 0.255 e. The molecule has 0 aliphatic carbocycles. The van der Waals surface area contributed by atoms with Crippen molar-refractivity contribution in [2.45, 2.75) is 29.9 Å². The van der Waals surface area contributed by atoms with Gasteiger partial charge in [-0.2, -0.15) is 10.1 Å². The molecule has 1 unspecified atom stereocenters. The molecule has 1 aromatic rings. The number of thioether (sulfide) groups is 1. The fourth-order valence-electron chi connectivity index (χ4n) is 2.22. The minimum Gasteiger partial charge on any atom is -0.324 e. The van der Waals surface area contributed by atoms with Crippen LogP contribution in [0.25, 0.3) is 0 Å². The van der Waals surface area contributed by atoms with Gasteiger partial charge in [0.15, 0.2) is 0 Å². The number of anilines is 1. The Kier molecular flexibility index (Phi) is 3.50. The molecule has 0 spiro atoms. The Bertz CT molecular complexity index is 671. The molecule has 0 bridgehead atoms. The molecule has 1 aromatic carbocycles. The third-order valence-corrected chi connectivity index (χ3v) is 4.49. The maximum absolute atomic E-state index is 12.1. The number of hydrogen-bond acceptors (Lipinski definition) is 5. The molecule has 2 heterocycles. The van der Waals surface area contributed by atoms with Gasteiger partial charge in [-0.25, -0.2) is 0 Å². The molecule has 0 aromatic heterocycles. The van der Waals surface area contributed by atoms with Crippen LogP contribution in [0, 0.1) is 0 Å². The quantitative estimate of drug-likeness (QED) is 0.900. The first-order valence-electron chi connectivity index (χ1n) is 6.51. The molecule has 3 amide bonds. The first-order valence-corrected chi connectivity index (χ1v) is 7.39. The van der Waals surface area contributed by atoms with Crippen LogP contribution >= 0.6 is 11.8 Å². The predicted octanol–water partition coefficient (Wildman–Crippen LogP) is 1.62. The number of carbonyl (C=O) groups is 3. The first kappa shape index (κ1) is 13.8. The van der Waals surface area contributed by atoms with Crippen LogP contribution in [0.4, 0.5) is 5.69 Å². The molecule has 21 heavy (non-hydrogen) atoms. The number of rotatable bonds is 2. The molecule has 7 heteroatoms. The Hall–Kier alpha value is -2.15. The summed E-state index contributed by atoms with van der Waals surface area (Å²) in [6.45, 7) is 1.70. The predicted molar refractivity (Wildman–Crippen MR) is 78.9 cm³/mol. The van der Waals surface area contributed by atoms with Crippen LogP contribution in [0.2, 0.25) is 0 Å². The number of nitrogens with zero attached hydrogens (tertiary/aromatic N) is 2. The van der Waals surface area contributed by atoms with Crippen molar-refractivity contribution in [3.63, 3.8) is 0 Å². The highest BCUT2D eigenvalue weighted by Gasteiger charge is 2.34. The molecule has 0 saturated carbocycles. The zero-order valence-corrected chi connectivity index (χ0v) is 12.1. The van der Waals surface area contributed by atoms with Gasteiger partial charge in [0.05, 0.1) is 23.8 Å². The zero-order chi connectivity index (χ0) is 15.0. The third kappa shape index (κ3) is 2.69. The summed E-state index contributed by atoms with van der Waals surface area (Å²) < 4.78 is 0. The van der Waals surface area contributed by atoms with Crippen LogP contribution in [0.5, 0.6) is 0 Å². The summed E-state index contributed by atoms with van der Waals surface area (Å²) in [6, 6.07) is 7.42. The fourth-order valence-corrected chi connectivity index (χ4v) is 3.32. The summed E-state index contributed by atoms with van der Waals surface area (Å²) >= 11 is 1.33. The number of nitrogens with one attached hydrogen (secondary N) is 1. The molecule has 1 N–H and O–H groups in total. The molecule has 0 fully saturated rings. The standard InChI is InChI=1S/C14H13N3O3S/c1-8-6-12(18)17(16-8)13(19)7-11-14(20)15-9-4-2-3-5-10(9)21-11/h2-5,11H,6-7H2,1H3,(H,15,20). The van der Waals surface area contributed by atoms with Crippen molar-refractivity contribution in [3.05, 3.63) is 24.3 Å². The second-order valence-electron chi connectivity index (χ2n) is 4.91. The van der Waals surface area contributed by atoms with E-state index in [1.54, 1.807) is 6.92 Å². The van der Waals surface area contributed by atoms with E-state index in [0.29, 0.717) is 5.71 Å². The van der Waals surface area contributed by atoms with Gasteiger partial charge < -0.3 is 5.32 Å². The summed E-state index contributed by atoms with van der Waals surface area (Å²) in [7, 11) is 0. The maximum Gasteiger partial charge on any atom is 0.255 e. The van der Waals surface area contributed by atoms with Gasteiger partial charge in [-0.15, -0.1) is 11.8 Å². The number of para-hydroxylation sites is 1. The van der Waals surface area contributed by atoms with Crippen LogP contribution in [0.15, 0.2) is 34.3 Å². The summed E-state index contributed by atoms with van der Waals surface area (Å²) in [6.07, 6.45) is 0.117. The second kappa shape index (κ2) is 5.33. The lowest BCUT2D eigenvalue weighted by molar-refractivity contribution is -0.143. The van der Waals surface area contributed by atoms with E-state index >= 15 is 0 Å². The Balaban J connectivity index is 1.73. The molecule has 0 saturated heterocycles. The Morgan fingerprint density at radius 3 is 2.90 bits per heavy atom. The first-order chi connectivity index (χ1) is 10.0. The topological polar surface area (TPSA) is 78.8 Å². The summed E-state index contributed by atoms with van der Waals surface area (Å²) in [5, 5.41) is 7.02. The Labute approximate surface area is 125 Å². The Morgan fingerprint density at radius 1 is 1.43 bits per heavy atom.